The van der Waals surface area contributed by atoms with Gasteiger partial charge in [0.1, 0.15) is 17.0 Å². The number of fused-ring (bicyclic) bond motifs is 1. The van der Waals surface area contributed by atoms with Crippen LogP contribution in [0.15, 0.2) is 51.7 Å². The predicted octanol–water partition coefficient (Wildman–Crippen LogP) is 4.92. The number of H-pyrrole nitrogens is 1. The average Bonchev–Trinajstić information content (AvgIpc) is 3.42. The number of hydrogen-bond donors (Lipinski definition) is 2. The molecule has 35 heavy (non-hydrogen) atoms. The highest BCUT2D eigenvalue weighted by Gasteiger charge is 2.21. The van der Waals surface area contributed by atoms with Crippen molar-refractivity contribution in [1.82, 2.24) is 20.6 Å². The van der Waals surface area contributed by atoms with Crippen LogP contribution in [0.4, 0.5) is 5.69 Å². The van der Waals surface area contributed by atoms with Gasteiger partial charge in [0.05, 0.1) is 17.6 Å². The van der Waals surface area contributed by atoms with Crippen molar-refractivity contribution in [1.29, 1.82) is 0 Å². The van der Waals surface area contributed by atoms with Crippen LogP contribution in [0.2, 0.25) is 0 Å². The summed E-state index contributed by atoms with van der Waals surface area (Å²) in [6, 6.07) is 11.8. The van der Waals surface area contributed by atoms with Gasteiger partial charge in [0.25, 0.3) is 0 Å². The second-order valence-corrected chi connectivity index (χ2v) is 8.41. The molecule has 0 fully saturated rings. The van der Waals surface area contributed by atoms with Crippen LogP contribution in [0.1, 0.15) is 67.8 Å². The van der Waals surface area contributed by atoms with Crippen LogP contribution in [0.25, 0.3) is 22.6 Å². The predicted molar refractivity (Wildman–Crippen MR) is 133 cm³/mol. The third kappa shape index (κ3) is 5.56. The fraction of sp³-hybridized carbons (Fsp3) is 0.346. The van der Waals surface area contributed by atoms with Gasteiger partial charge in [-0.1, -0.05) is 51.5 Å². The van der Waals surface area contributed by atoms with Crippen LogP contribution in [0.3, 0.4) is 0 Å². The summed E-state index contributed by atoms with van der Waals surface area (Å²) >= 11 is 0. The zero-order valence-corrected chi connectivity index (χ0v) is 19.8. The molecule has 0 aliphatic heterocycles. The van der Waals surface area contributed by atoms with Crippen LogP contribution in [0, 0.1) is 0 Å². The molecule has 0 saturated heterocycles. The molecule has 0 amide bonds. The fourth-order valence-corrected chi connectivity index (χ4v) is 3.94. The van der Waals surface area contributed by atoms with E-state index < -0.39 is 5.43 Å². The lowest BCUT2D eigenvalue weighted by molar-refractivity contribution is 0.103. The summed E-state index contributed by atoms with van der Waals surface area (Å²) in [5, 5.41) is 13.6. The molecule has 0 radical (unpaired) electrons. The van der Waals surface area contributed by atoms with Gasteiger partial charge in [-0.05, 0) is 48.0 Å². The standard InChI is InChI=1S/C26H29N5O4/c1-2-3-4-5-6-7-8-16-34-18-14-12-17(13-15-18)22(32)19-10-9-11-20-23(33)21(27)25(35-24(19)20)26-28-30-31-29-26/h9-15H,2-8,16,27H2,1H3,(H,28,29,30,31). The summed E-state index contributed by atoms with van der Waals surface area (Å²) < 4.78 is 11.7. The highest BCUT2D eigenvalue weighted by Crippen LogP contribution is 2.28. The molecule has 3 N–H and O–H groups in total. The van der Waals surface area contributed by atoms with Crippen molar-refractivity contribution in [2.75, 3.05) is 12.3 Å². The van der Waals surface area contributed by atoms with Gasteiger partial charge < -0.3 is 14.9 Å². The summed E-state index contributed by atoms with van der Waals surface area (Å²) in [5.41, 5.74) is 6.15. The topological polar surface area (TPSA) is 137 Å². The first-order valence-corrected chi connectivity index (χ1v) is 12.0. The number of aromatic amines is 1. The molecule has 0 spiro atoms. The number of ketones is 1. The fourth-order valence-electron chi connectivity index (χ4n) is 3.94. The summed E-state index contributed by atoms with van der Waals surface area (Å²) in [4.78, 5) is 26.1. The third-order valence-corrected chi connectivity index (χ3v) is 5.88. The molecule has 4 rings (SSSR count). The van der Waals surface area contributed by atoms with Crippen molar-refractivity contribution in [3.8, 4) is 17.3 Å². The first-order chi connectivity index (χ1) is 17.1. The normalized spacial score (nSPS) is 11.1. The number of nitrogens with one attached hydrogen (secondary N) is 1. The Hall–Kier alpha value is -4.01. The number of para-hydroxylation sites is 1. The number of carbonyl (C=O) groups is 1. The van der Waals surface area contributed by atoms with E-state index in [4.69, 9.17) is 14.9 Å². The van der Waals surface area contributed by atoms with Gasteiger partial charge >= 0.3 is 0 Å². The largest absolute Gasteiger partial charge is 0.494 e. The quantitative estimate of drug-likeness (QED) is 0.218. The van der Waals surface area contributed by atoms with Gasteiger partial charge in [-0.25, -0.2) is 0 Å². The molecule has 4 aromatic rings. The van der Waals surface area contributed by atoms with E-state index in [2.05, 4.69) is 27.5 Å². The van der Waals surface area contributed by atoms with E-state index in [9.17, 15) is 9.59 Å². The van der Waals surface area contributed by atoms with Crippen molar-refractivity contribution in [2.45, 2.75) is 51.9 Å². The van der Waals surface area contributed by atoms with E-state index in [1.165, 1.54) is 32.1 Å². The number of benzene rings is 2. The Morgan fingerprint density at radius 2 is 1.77 bits per heavy atom. The molecule has 9 heteroatoms. The molecular formula is C26H29N5O4. The number of tetrazole rings is 1. The number of rotatable bonds is 12. The number of unbranched alkanes of at least 4 members (excludes halogenated alkanes) is 6. The zero-order chi connectivity index (χ0) is 24.6. The van der Waals surface area contributed by atoms with Gasteiger partial charge in [0, 0.05) is 5.56 Å². The summed E-state index contributed by atoms with van der Waals surface area (Å²) in [5.74, 6) is 0.419. The Bertz CT molecular complexity index is 1330. The lowest BCUT2D eigenvalue weighted by Gasteiger charge is -2.09. The molecule has 0 aliphatic rings. The highest BCUT2D eigenvalue weighted by molar-refractivity contribution is 6.15. The Morgan fingerprint density at radius 1 is 1.03 bits per heavy atom. The van der Waals surface area contributed by atoms with Gasteiger partial charge in [0.15, 0.2) is 5.78 Å². The van der Waals surface area contributed by atoms with Gasteiger partial charge in [-0.3, -0.25) is 9.59 Å². The monoisotopic (exact) mass is 475 g/mol. The maximum atomic E-state index is 13.3. The maximum Gasteiger partial charge on any atom is 0.242 e. The maximum absolute atomic E-state index is 13.3. The molecule has 0 unspecified atom stereocenters. The SMILES string of the molecule is CCCCCCCCCOc1ccc(C(=O)c2cccc3c(=O)c(N)c(-c4nn[nH]n4)oc23)cc1. The van der Waals surface area contributed by atoms with Crippen molar-refractivity contribution in [3.05, 3.63) is 63.8 Å². The number of aromatic nitrogens is 4. The van der Waals surface area contributed by atoms with Gasteiger partial charge in [-0.15, -0.1) is 10.2 Å². The number of hydrogen-bond acceptors (Lipinski definition) is 8. The molecular weight excluding hydrogens is 446 g/mol. The number of nitrogens with zero attached hydrogens (tertiary/aromatic N) is 3. The number of nitrogen functional groups attached to an aromatic ring is 1. The Kier molecular flexibility index (Phi) is 7.87. The van der Waals surface area contributed by atoms with Crippen molar-refractivity contribution in [3.63, 3.8) is 0 Å². The van der Waals surface area contributed by atoms with Crippen LogP contribution in [-0.2, 0) is 0 Å². The highest BCUT2D eigenvalue weighted by atomic mass is 16.5. The number of ether oxygens (including phenoxy) is 1. The number of nitrogens with two attached hydrogens (primary N) is 1. The first kappa shape index (κ1) is 24.1. The Labute approximate surface area is 202 Å². The van der Waals surface area contributed by atoms with Crippen molar-refractivity contribution in [2.24, 2.45) is 0 Å². The molecule has 2 aromatic heterocycles. The molecule has 0 atom stereocenters. The van der Waals surface area contributed by atoms with E-state index in [1.807, 2.05) is 0 Å². The van der Waals surface area contributed by atoms with E-state index in [0.29, 0.717) is 17.9 Å². The molecule has 2 aromatic carbocycles. The molecule has 0 aliphatic carbocycles. The molecule has 0 bridgehead atoms. The Balaban J connectivity index is 1.47. The molecule has 9 nitrogen and oxygen atoms in total. The summed E-state index contributed by atoms with van der Waals surface area (Å²) in [6.07, 6.45) is 8.54. The van der Waals surface area contributed by atoms with Crippen LogP contribution in [-0.4, -0.2) is 33.0 Å². The van der Waals surface area contributed by atoms with Crippen LogP contribution >= 0.6 is 0 Å². The second kappa shape index (κ2) is 11.4. The zero-order valence-electron chi connectivity index (χ0n) is 19.8. The van der Waals surface area contributed by atoms with Gasteiger partial charge in [0.2, 0.25) is 17.0 Å². The minimum Gasteiger partial charge on any atom is -0.494 e. The third-order valence-electron chi connectivity index (χ3n) is 5.88. The van der Waals surface area contributed by atoms with E-state index in [0.717, 1.165) is 12.8 Å². The van der Waals surface area contributed by atoms with Crippen LogP contribution < -0.4 is 15.9 Å². The van der Waals surface area contributed by atoms with E-state index >= 15 is 0 Å². The van der Waals surface area contributed by atoms with Gasteiger partial charge in [-0.2, -0.15) is 5.21 Å². The number of anilines is 1. The first-order valence-electron chi connectivity index (χ1n) is 12.0. The minimum absolute atomic E-state index is 0.0335. The van der Waals surface area contributed by atoms with E-state index in [-0.39, 0.29) is 39.6 Å². The van der Waals surface area contributed by atoms with Crippen molar-refractivity contribution >= 4 is 22.4 Å². The van der Waals surface area contributed by atoms with Crippen LogP contribution in [0.5, 0.6) is 5.75 Å². The molecule has 2 heterocycles. The second-order valence-electron chi connectivity index (χ2n) is 8.41. The van der Waals surface area contributed by atoms with E-state index in [1.54, 1.807) is 42.5 Å². The molecule has 0 saturated carbocycles. The smallest absolute Gasteiger partial charge is 0.242 e. The lowest BCUT2D eigenvalue weighted by Crippen LogP contribution is -2.12. The lowest BCUT2D eigenvalue weighted by atomic mass is 10.0. The summed E-state index contributed by atoms with van der Waals surface area (Å²) in [7, 11) is 0. The summed E-state index contributed by atoms with van der Waals surface area (Å²) in [6.45, 7) is 2.87. The number of carbonyl (C=O) groups excluding carboxylic acids is 1. The Morgan fingerprint density at radius 3 is 2.49 bits per heavy atom. The van der Waals surface area contributed by atoms with Crippen molar-refractivity contribution < 1.29 is 13.9 Å². The average molecular weight is 476 g/mol. The minimum atomic E-state index is -0.463. The molecule has 182 valence electrons.